The lowest BCUT2D eigenvalue weighted by Crippen LogP contribution is -2.40. The normalized spacial score (nSPS) is 15.5. The van der Waals surface area contributed by atoms with Crippen LogP contribution in [0.2, 0.25) is 0 Å². The lowest BCUT2D eigenvalue weighted by molar-refractivity contribution is -0.136. The third-order valence-electron chi connectivity index (χ3n) is 5.82. The Morgan fingerprint density at radius 3 is 2.53 bits per heavy atom. The molecule has 0 bridgehead atoms. The van der Waals surface area contributed by atoms with Gasteiger partial charge in [-0.1, -0.05) is 68.5 Å². The van der Waals surface area contributed by atoms with Crippen molar-refractivity contribution in [2.24, 2.45) is 10.9 Å². The smallest absolute Gasteiger partial charge is 0.338 e. The molecule has 1 aliphatic rings. The van der Waals surface area contributed by atoms with Crippen LogP contribution in [-0.4, -0.2) is 31.4 Å². The standard InChI is InChI=1S/C28H30N2O5S/c1-6-20-24(27(32)34-5)25(19-10-8-7-9-11-19)30-26(31)23(36-28(30)29-20)15-18-12-13-21(22(14-18)33-4)35-16-17(2)3/h7-15,17,25H,6,16H2,1-5H3/b23-15-/t25-/m0/s1. The largest absolute Gasteiger partial charge is 0.493 e. The Bertz CT molecular complexity index is 1470. The number of rotatable bonds is 8. The Kier molecular flexibility index (Phi) is 7.74. The van der Waals surface area contributed by atoms with E-state index in [0.717, 1.165) is 11.1 Å². The van der Waals surface area contributed by atoms with E-state index in [-0.39, 0.29) is 5.56 Å². The van der Waals surface area contributed by atoms with Gasteiger partial charge in [0.15, 0.2) is 16.3 Å². The lowest BCUT2D eigenvalue weighted by Gasteiger charge is -2.25. The SMILES string of the molecule is CCC1=C(C(=O)OC)[C@H](c2ccccc2)n2c(s/c(=C\c3ccc(OCC(C)C)c(OC)c3)c2=O)=N1. The Balaban J connectivity index is 1.86. The van der Waals surface area contributed by atoms with Gasteiger partial charge in [0.25, 0.3) is 5.56 Å². The number of ether oxygens (including phenoxy) is 3. The van der Waals surface area contributed by atoms with Gasteiger partial charge >= 0.3 is 5.97 Å². The molecule has 0 aliphatic carbocycles. The van der Waals surface area contributed by atoms with Gasteiger partial charge in [0.05, 0.1) is 42.7 Å². The van der Waals surface area contributed by atoms with Crippen molar-refractivity contribution in [3.63, 3.8) is 0 Å². The van der Waals surface area contributed by atoms with Crippen LogP contribution >= 0.6 is 11.3 Å². The summed E-state index contributed by atoms with van der Waals surface area (Å²) in [6, 6.07) is 14.5. The van der Waals surface area contributed by atoms with E-state index in [1.54, 1.807) is 11.7 Å². The lowest BCUT2D eigenvalue weighted by atomic mass is 9.95. The van der Waals surface area contributed by atoms with Gasteiger partial charge in [-0.2, -0.15) is 0 Å². The number of carbonyl (C=O) groups is 1. The van der Waals surface area contributed by atoms with E-state index < -0.39 is 12.0 Å². The first-order valence-electron chi connectivity index (χ1n) is 11.9. The van der Waals surface area contributed by atoms with E-state index in [2.05, 4.69) is 13.8 Å². The number of fused-ring (bicyclic) bond motifs is 1. The number of thiazole rings is 1. The molecule has 0 amide bonds. The first-order chi connectivity index (χ1) is 17.4. The summed E-state index contributed by atoms with van der Waals surface area (Å²) in [7, 11) is 2.94. The van der Waals surface area contributed by atoms with Crippen molar-refractivity contribution in [2.45, 2.75) is 33.2 Å². The highest BCUT2D eigenvalue weighted by atomic mass is 32.1. The molecule has 1 aromatic heterocycles. The van der Waals surface area contributed by atoms with Crippen LogP contribution in [0.25, 0.3) is 6.08 Å². The minimum Gasteiger partial charge on any atom is -0.493 e. The Morgan fingerprint density at radius 2 is 1.89 bits per heavy atom. The molecule has 188 valence electrons. The van der Waals surface area contributed by atoms with Gasteiger partial charge in [-0.15, -0.1) is 0 Å². The summed E-state index contributed by atoms with van der Waals surface area (Å²) in [5, 5.41) is 0. The first-order valence-corrected chi connectivity index (χ1v) is 12.7. The summed E-state index contributed by atoms with van der Waals surface area (Å²) in [4.78, 5) is 31.8. The van der Waals surface area contributed by atoms with Crippen molar-refractivity contribution in [3.8, 4) is 11.5 Å². The molecule has 2 heterocycles. The van der Waals surface area contributed by atoms with Gasteiger partial charge in [0.2, 0.25) is 0 Å². The maximum atomic E-state index is 13.7. The molecule has 0 saturated carbocycles. The Hall–Kier alpha value is -3.65. The predicted octanol–water partition coefficient (Wildman–Crippen LogP) is 3.84. The number of hydrogen-bond acceptors (Lipinski definition) is 7. The fourth-order valence-electron chi connectivity index (χ4n) is 4.12. The average Bonchev–Trinajstić information content (AvgIpc) is 3.20. The van der Waals surface area contributed by atoms with Crippen molar-refractivity contribution in [1.29, 1.82) is 0 Å². The number of allylic oxidation sites excluding steroid dienone is 1. The zero-order valence-corrected chi connectivity index (χ0v) is 21.9. The fraction of sp³-hybridized carbons (Fsp3) is 0.321. The number of methoxy groups -OCH3 is 2. The first kappa shape index (κ1) is 25.4. The van der Waals surface area contributed by atoms with Gasteiger partial charge in [0, 0.05) is 0 Å². The number of nitrogens with zero attached hydrogens (tertiary/aromatic N) is 2. The second-order valence-corrected chi connectivity index (χ2v) is 9.82. The molecule has 36 heavy (non-hydrogen) atoms. The predicted molar refractivity (Wildman–Crippen MR) is 140 cm³/mol. The maximum Gasteiger partial charge on any atom is 0.338 e. The van der Waals surface area contributed by atoms with Crippen molar-refractivity contribution in [1.82, 2.24) is 4.57 Å². The molecule has 7 nitrogen and oxygen atoms in total. The Labute approximate surface area is 214 Å². The van der Waals surface area contributed by atoms with E-state index in [1.807, 2.05) is 61.5 Å². The van der Waals surface area contributed by atoms with Crippen molar-refractivity contribution >= 4 is 23.4 Å². The van der Waals surface area contributed by atoms with E-state index >= 15 is 0 Å². The maximum absolute atomic E-state index is 13.7. The molecule has 8 heteroatoms. The number of esters is 1. The van der Waals surface area contributed by atoms with Gasteiger partial charge in [-0.05, 0) is 41.7 Å². The molecule has 0 saturated heterocycles. The molecule has 0 radical (unpaired) electrons. The van der Waals surface area contributed by atoms with Crippen molar-refractivity contribution in [3.05, 3.63) is 90.6 Å². The van der Waals surface area contributed by atoms with E-state index in [1.165, 1.54) is 18.4 Å². The highest BCUT2D eigenvalue weighted by Gasteiger charge is 2.33. The molecule has 1 atom stereocenters. The second kappa shape index (κ2) is 11.0. The zero-order chi connectivity index (χ0) is 25.8. The molecule has 4 rings (SSSR count). The number of carbonyl (C=O) groups excluding carboxylic acids is 1. The second-order valence-electron chi connectivity index (χ2n) is 8.81. The molecular formula is C28H30N2O5S. The van der Waals surface area contributed by atoms with Crippen LogP contribution in [0.15, 0.2) is 69.6 Å². The van der Waals surface area contributed by atoms with E-state index in [4.69, 9.17) is 19.2 Å². The monoisotopic (exact) mass is 506 g/mol. The van der Waals surface area contributed by atoms with Gasteiger partial charge in [-0.3, -0.25) is 9.36 Å². The molecule has 1 aliphatic heterocycles. The summed E-state index contributed by atoms with van der Waals surface area (Å²) in [5.41, 5.74) is 2.41. The highest BCUT2D eigenvalue weighted by Crippen LogP contribution is 2.32. The van der Waals surface area contributed by atoms with Crippen LogP contribution in [0.3, 0.4) is 0 Å². The molecule has 3 aromatic rings. The van der Waals surface area contributed by atoms with Crippen LogP contribution < -0.4 is 24.4 Å². The minimum atomic E-state index is -0.617. The molecule has 0 spiro atoms. The quantitative estimate of drug-likeness (QED) is 0.434. The Morgan fingerprint density at radius 1 is 1.14 bits per heavy atom. The third kappa shape index (κ3) is 4.99. The average molecular weight is 507 g/mol. The van der Waals surface area contributed by atoms with E-state index in [0.29, 0.717) is 51.0 Å². The number of benzene rings is 2. The van der Waals surface area contributed by atoms with Crippen molar-refractivity contribution in [2.75, 3.05) is 20.8 Å². The molecular weight excluding hydrogens is 476 g/mol. The molecule has 0 fully saturated rings. The zero-order valence-electron chi connectivity index (χ0n) is 21.1. The fourth-order valence-corrected chi connectivity index (χ4v) is 5.14. The van der Waals surface area contributed by atoms with Gasteiger partial charge in [0.1, 0.15) is 0 Å². The van der Waals surface area contributed by atoms with Crippen LogP contribution in [0, 0.1) is 5.92 Å². The third-order valence-corrected chi connectivity index (χ3v) is 6.81. The minimum absolute atomic E-state index is 0.219. The van der Waals surface area contributed by atoms with Crippen LogP contribution in [-0.2, 0) is 9.53 Å². The summed E-state index contributed by atoms with van der Waals surface area (Å²) in [6.07, 6.45) is 2.35. The van der Waals surface area contributed by atoms with Crippen LogP contribution in [0.1, 0.15) is 44.4 Å². The number of aromatic nitrogens is 1. The van der Waals surface area contributed by atoms with E-state index in [9.17, 15) is 9.59 Å². The summed E-state index contributed by atoms with van der Waals surface area (Å²) >= 11 is 1.30. The van der Waals surface area contributed by atoms with Crippen LogP contribution in [0.5, 0.6) is 11.5 Å². The van der Waals surface area contributed by atoms with Crippen LogP contribution in [0.4, 0.5) is 0 Å². The molecule has 0 N–H and O–H groups in total. The highest BCUT2D eigenvalue weighted by molar-refractivity contribution is 7.07. The molecule has 2 aromatic carbocycles. The summed E-state index contributed by atoms with van der Waals surface area (Å²) in [5.74, 6) is 1.15. The van der Waals surface area contributed by atoms with Crippen molar-refractivity contribution < 1.29 is 19.0 Å². The summed E-state index contributed by atoms with van der Waals surface area (Å²) < 4.78 is 18.6. The van der Waals surface area contributed by atoms with Gasteiger partial charge < -0.3 is 14.2 Å². The summed E-state index contributed by atoms with van der Waals surface area (Å²) in [6.45, 7) is 6.68. The van der Waals surface area contributed by atoms with Gasteiger partial charge in [-0.25, -0.2) is 9.79 Å². The molecule has 0 unspecified atom stereocenters. The topological polar surface area (TPSA) is 79.1 Å². The number of hydrogen-bond donors (Lipinski definition) is 0.